The van der Waals surface area contributed by atoms with Gasteiger partial charge >= 0.3 is 0 Å². The Hall–Kier alpha value is -1.91. The monoisotopic (exact) mass is 389 g/mol. The van der Waals surface area contributed by atoms with E-state index in [2.05, 4.69) is 23.1 Å². The van der Waals surface area contributed by atoms with E-state index < -0.39 is 0 Å². The van der Waals surface area contributed by atoms with E-state index in [1.807, 2.05) is 18.2 Å². The first-order chi connectivity index (χ1) is 13.2. The van der Waals surface area contributed by atoms with Crippen molar-refractivity contribution in [1.82, 2.24) is 4.90 Å². The van der Waals surface area contributed by atoms with Gasteiger partial charge in [0.05, 0.1) is 21.3 Å². The van der Waals surface area contributed by atoms with E-state index in [9.17, 15) is 0 Å². The van der Waals surface area contributed by atoms with Crippen molar-refractivity contribution in [3.05, 3.63) is 52.5 Å². The van der Waals surface area contributed by atoms with Gasteiger partial charge in [-0.1, -0.05) is 42.6 Å². The second-order valence-electron chi connectivity index (χ2n) is 6.88. The Labute approximate surface area is 167 Å². The van der Waals surface area contributed by atoms with Crippen LogP contribution in [-0.2, 0) is 6.54 Å². The van der Waals surface area contributed by atoms with Crippen LogP contribution in [0.2, 0.25) is 5.02 Å². The topological polar surface area (TPSA) is 30.9 Å². The summed E-state index contributed by atoms with van der Waals surface area (Å²) in [7, 11) is 4.97. The van der Waals surface area contributed by atoms with Crippen molar-refractivity contribution in [1.29, 1.82) is 0 Å². The van der Waals surface area contributed by atoms with Crippen LogP contribution in [0.1, 0.15) is 42.9 Å². The molecule has 0 aromatic heterocycles. The largest absolute Gasteiger partial charge is 0.493 e. The average Bonchev–Trinajstić information content (AvgIpc) is 2.93. The van der Waals surface area contributed by atoms with Crippen molar-refractivity contribution in [2.45, 2.75) is 38.3 Å². The summed E-state index contributed by atoms with van der Waals surface area (Å²) in [6.07, 6.45) is 4.87. The summed E-state index contributed by atoms with van der Waals surface area (Å²) in [5, 5.41) is 0.778. The van der Waals surface area contributed by atoms with Gasteiger partial charge in [0.15, 0.2) is 11.5 Å². The number of nitrogens with zero attached hydrogens (tertiary/aromatic N) is 1. The lowest BCUT2D eigenvalue weighted by atomic mass is 10.00. The number of methoxy groups -OCH3 is 3. The van der Waals surface area contributed by atoms with Gasteiger partial charge < -0.3 is 14.2 Å². The molecule has 1 saturated heterocycles. The van der Waals surface area contributed by atoms with Crippen molar-refractivity contribution >= 4 is 11.6 Å². The average molecular weight is 390 g/mol. The number of hydrogen-bond acceptors (Lipinski definition) is 4. The Morgan fingerprint density at radius 3 is 2.30 bits per heavy atom. The molecule has 2 aromatic rings. The molecule has 1 heterocycles. The van der Waals surface area contributed by atoms with E-state index in [4.69, 9.17) is 25.8 Å². The van der Waals surface area contributed by atoms with E-state index in [1.54, 1.807) is 21.3 Å². The number of rotatable bonds is 6. The summed E-state index contributed by atoms with van der Waals surface area (Å²) in [6.45, 7) is 1.86. The van der Waals surface area contributed by atoms with Crippen molar-refractivity contribution in [2.75, 3.05) is 27.9 Å². The van der Waals surface area contributed by atoms with Crippen LogP contribution in [0.5, 0.6) is 17.2 Å². The van der Waals surface area contributed by atoms with Crippen molar-refractivity contribution in [3.63, 3.8) is 0 Å². The van der Waals surface area contributed by atoms with Crippen LogP contribution in [0.25, 0.3) is 0 Å². The summed E-state index contributed by atoms with van der Waals surface area (Å²) < 4.78 is 16.7. The number of likely N-dealkylation sites (tertiary alicyclic amines) is 1. The molecule has 0 unspecified atom stereocenters. The molecule has 3 rings (SSSR count). The van der Waals surface area contributed by atoms with E-state index in [-0.39, 0.29) is 0 Å². The molecule has 0 bridgehead atoms. The summed E-state index contributed by atoms with van der Waals surface area (Å²) in [5.74, 6) is 2.08. The van der Waals surface area contributed by atoms with Crippen LogP contribution in [0.3, 0.4) is 0 Å². The fourth-order valence-corrected chi connectivity index (χ4v) is 4.05. The molecule has 0 spiro atoms. The zero-order valence-electron chi connectivity index (χ0n) is 16.3. The van der Waals surface area contributed by atoms with Gasteiger partial charge in [0, 0.05) is 23.2 Å². The van der Waals surface area contributed by atoms with Gasteiger partial charge in [-0.3, -0.25) is 4.90 Å². The van der Waals surface area contributed by atoms with E-state index >= 15 is 0 Å². The molecule has 0 N–H and O–H groups in total. The maximum atomic E-state index is 6.09. The van der Waals surface area contributed by atoms with Gasteiger partial charge in [-0.2, -0.15) is 0 Å². The van der Waals surface area contributed by atoms with E-state index in [0.29, 0.717) is 17.5 Å². The van der Waals surface area contributed by atoms with Gasteiger partial charge in [0.2, 0.25) is 5.75 Å². The smallest absolute Gasteiger partial charge is 0.203 e. The Kier molecular flexibility index (Phi) is 6.86. The summed E-state index contributed by atoms with van der Waals surface area (Å²) in [6, 6.07) is 12.7. The zero-order valence-corrected chi connectivity index (χ0v) is 17.1. The van der Waals surface area contributed by atoms with Crippen LogP contribution in [-0.4, -0.2) is 32.8 Å². The van der Waals surface area contributed by atoms with Crippen molar-refractivity contribution in [2.24, 2.45) is 0 Å². The molecule has 1 atom stereocenters. The van der Waals surface area contributed by atoms with Crippen molar-refractivity contribution in [3.8, 4) is 17.2 Å². The highest BCUT2D eigenvalue weighted by Crippen LogP contribution is 2.41. The normalized spacial score (nSPS) is 18.0. The van der Waals surface area contributed by atoms with Gasteiger partial charge in [-0.25, -0.2) is 0 Å². The standard InChI is InChI=1S/C22H28ClNO3/c1-25-20-13-10-17(21(26-2)22(20)27-3)15-24-14-6-4-5-7-19(24)16-8-11-18(23)12-9-16/h8-13,19H,4-7,14-15H2,1-3H3/t19-/m0/s1. The van der Waals surface area contributed by atoms with E-state index in [1.165, 1.54) is 24.8 Å². The van der Waals surface area contributed by atoms with Crippen LogP contribution < -0.4 is 14.2 Å². The SMILES string of the molecule is COc1ccc(CN2CCCCC[C@H]2c2ccc(Cl)cc2)c(OC)c1OC. The summed E-state index contributed by atoms with van der Waals surface area (Å²) >= 11 is 6.09. The molecule has 1 fully saturated rings. The third kappa shape index (κ3) is 4.50. The first-order valence-corrected chi connectivity index (χ1v) is 9.83. The minimum atomic E-state index is 0.377. The quantitative estimate of drug-likeness (QED) is 0.654. The maximum absolute atomic E-state index is 6.09. The van der Waals surface area contributed by atoms with Crippen molar-refractivity contribution < 1.29 is 14.2 Å². The molecular formula is C22H28ClNO3. The Morgan fingerprint density at radius 1 is 0.889 bits per heavy atom. The predicted molar refractivity (Wildman–Crippen MR) is 109 cm³/mol. The highest BCUT2D eigenvalue weighted by Gasteiger charge is 2.25. The second kappa shape index (κ2) is 9.34. The number of benzene rings is 2. The fraction of sp³-hybridized carbons (Fsp3) is 0.455. The number of hydrogen-bond donors (Lipinski definition) is 0. The molecule has 2 aromatic carbocycles. The lowest BCUT2D eigenvalue weighted by molar-refractivity contribution is 0.189. The highest BCUT2D eigenvalue weighted by molar-refractivity contribution is 6.30. The first-order valence-electron chi connectivity index (χ1n) is 9.45. The molecule has 0 saturated carbocycles. The highest BCUT2D eigenvalue weighted by atomic mass is 35.5. The Bertz CT molecular complexity index is 748. The van der Waals surface area contributed by atoms with Gasteiger partial charge in [-0.05, 0) is 43.1 Å². The second-order valence-corrected chi connectivity index (χ2v) is 7.32. The Balaban J connectivity index is 1.92. The molecule has 1 aliphatic heterocycles. The third-order valence-electron chi connectivity index (χ3n) is 5.28. The molecule has 0 radical (unpaired) electrons. The van der Waals surface area contributed by atoms with Gasteiger partial charge in [0.1, 0.15) is 0 Å². The van der Waals surface area contributed by atoms with Crippen LogP contribution >= 0.6 is 11.6 Å². The predicted octanol–water partition coefficient (Wildman–Crippen LogP) is 5.48. The maximum Gasteiger partial charge on any atom is 0.203 e. The van der Waals surface area contributed by atoms with E-state index in [0.717, 1.165) is 35.8 Å². The Morgan fingerprint density at radius 2 is 1.63 bits per heavy atom. The summed E-state index contributed by atoms with van der Waals surface area (Å²) in [4.78, 5) is 2.54. The lowest BCUT2D eigenvalue weighted by Gasteiger charge is -2.31. The molecule has 0 amide bonds. The summed E-state index contributed by atoms with van der Waals surface area (Å²) in [5.41, 5.74) is 2.43. The molecule has 4 nitrogen and oxygen atoms in total. The number of ether oxygens (including phenoxy) is 3. The molecule has 5 heteroatoms. The molecule has 146 valence electrons. The first kappa shape index (κ1) is 19.8. The van der Waals surface area contributed by atoms with Crippen LogP contribution in [0, 0.1) is 0 Å². The lowest BCUT2D eigenvalue weighted by Crippen LogP contribution is -2.28. The van der Waals surface area contributed by atoms with Crippen LogP contribution in [0.4, 0.5) is 0 Å². The third-order valence-corrected chi connectivity index (χ3v) is 5.53. The van der Waals surface area contributed by atoms with Crippen LogP contribution in [0.15, 0.2) is 36.4 Å². The minimum Gasteiger partial charge on any atom is -0.493 e. The molecule has 0 aliphatic carbocycles. The van der Waals surface area contributed by atoms with Gasteiger partial charge in [-0.15, -0.1) is 0 Å². The molecule has 1 aliphatic rings. The number of halogens is 1. The minimum absolute atomic E-state index is 0.377. The molecule has 27 heavy (non-hydrogen) atoms. The molecular weight excluding hydrogens is 362 g/mol. The zero-order chi connectivity index (χ0) is 19.2. The fourth-order valence-electron chi connectivity index (χ4n) is 3.93. The van der Waals surface area contributed by atoms with Gasteiger partial charge in [0.25, 0.3) is 0 Å².